The first-order chi connectivity index (χ1) is 12.2. The van der Waals surface area contributed by atoms with Gasteiger partial charge in [-0.2, -0.15) is 0 Å². The van der Waals surface area contributed by atoms with Crippen LogP contribution in [-0.2, 0) is 0 Å². The second-order valence-corrected chi connectivity index (χ2v) is 6.93. The van der Waals surface area contributed by atoms with E-state index in [1.165, 1.54) is 25.7 Å². The van der Waals surface area contributed by atoms with Crippen molar-refractivity contribution in [1.82, 2.24) is 10.3 Å². The maximum Gasteiger partial charge on any atom is 0.274 e. The summed E-state index contributed by atoms with van der Waals surface area (Å²) in [6, 6.07) is 14.4. The second kappa shape index (κ2) is 6.71. The number of benzene rings is 2. The third kappa shape index (κ3) is 3.16. The molecule has 3 aromatic rings. The van der Waals surface area contributed by atoms with Crippen molar-refractivity contribution >= 4 is 16.7 Å². The molecular formula is C21H22N2O2. The fourth-order valence-electron chi connectivity index (χ4n) is 3.71. The van der Waals surface area contributed by atoms with Gasteiger partial charge in [0, 0.05) is 11.6 Å². The molecule has 1 saturated carbocycles. The maximum absolute atomic E-state index is 12.7. The van der Waals surface area contributed by atoms with Crippen molar-refractivity contribution in [3.05, 3.63) is 54.6 Å². The summed E-state index contributed by atoms with van der Waals surface area (Å²) in [7, 11) is 0. The van der Waals surface area contributed by atoms with Gasteiger partial charge >= 0.3 is 0 Å². The molecule has 128 valence electrons. The van der Waals surface area contributed by atoms with Crippen LogP contribution < -0.4 is 5.32 Å². The molecule has 4 rings (SSSR count). The van der Waals surface area contributed by atoms with Crippen LogP contribution in [0.3, 0.4) is 0 Å². The van der Waals surface area contributed by atoms with Crippen LogP contribution in [0.15, 0.2) is 53.3 Å². The standard InChI is InChI=1S/C21H22N2O2/c1-14-6-2-5-9-18(14)23-21(24)19-20(25-13-22-19)17-11-10-15-7-3-4-8-16(15)12-17/h3-4,7-8,10-14,18H,2,5-6,9H2,1H3,(H,23,24)/t14-,18+/m0/s1. The molecule has 1 N–H and O–H groups in total. The highest BCUT2D eigenvalue weighted by atomic mass is 16.3. The summed E-state index contributed by atoms with van der Waals surface area (Å²) < 4.78 is 5.56. The molecule has 1 heterocycles. The minimum atomic E-state index is -0.143. The fourth-order valence-corrected chi connectivity index (χ4v) is 3.71. The number of rotatable bonds is 3. The highest BCUT2D eigenvalue weighted by molar-refractivity contribution is 5.98. The first-order valence-corrected chi connectivity index (χ1v) is 8.96. The Balaban J connectivity index is 1.61. The summed E-state index contributed by atoms with van der Waals surface area (Å²) in [4.78, 5) is 16.9. The van der Waals surface area contributed by atoms with Crippen molar-refractivity contribution in [3.8, 4) is 11.3 Å². The van der Waals surface area contributed by atoms with Gasteiger partial charge in [0.1, 0.15) is 0 Å². The number of amides is 1. The van der Waals surface area contributed by atoms with Gasteiger partial charge < -0.3 is 9.73 Å². The molecule has 4 heteroatoms. The molecule has 2 aromatic carbocycles. The lowest BCUT2D eigenvalue weighted by atomic mass is 9.86. The second-order valence-electron chi connectivity index (χ2n) is 6.93. The molecule has 1 aromatic heterocycles. The number of nitrogens with one attached hydrogen (secondary N) is 1. The highest BCUT2D eigenvalue weighted by Gasteiger charge is 2.26. The van der Waals surface area contributed by atoms with Gasteiger partial charge in [-0.25, -0.2) is 4.98 Å². The third-order valence-corrected chi connectivity index (χ3v) is 5.22. The lowest BCUT2D eigenvalue weighted by Crippen LogP contribution is -2.41. The summed E-state index contributed by atoms with van der Waals surface area (Å²) in [5.41, 5.74) is 1.24. The lowest BCUT2D eigenvalue weighted by molar-refractivity contribution is 0.0906. The van der Waals surface area contributed by atoms with E-state index in [1.807, 2.05) is 30.3 Å². The monoisotopic (exact) mass is 334 g/mol. The van der Waals surface area contributed by atoms with Crippen LogP contribution in [0.2, 0.25) is 0 Å². The van der Waals surface area contributed by atoms with Gasteiger partial charge in [0.2, 0.25) is 0 Å². The minimum Gasteiger partial charge on any atom is -0.443 e. The number of hydrogen-bond donors (Lipinski definition) is 1. The normalized spacial score (nSPS) is 20.5. The Kier molecular flexibility index (Phi) is 4.26. The third-order valence-electron chi connectivity index (χ3n) is 5.22. The maximum atomic E-state index is 12.7. The quantitative estimate of drug-likeness (QED) is 0.748. The van der Waals surface area contributed by atoms with Crippen LogP contribution in [0.4, 0.5) is 0 Å². The van der Waals surface area contributed by atoms with Crippen LogP contribution in [0.25, 0.3) is 22.1 Å². The van der Waals surface area contributed by atoms with E-state index in [0.29, 0.717) is 17.4 Å². The Bertz CT molecular complexity index is 900. The Morgan fingerprint density at radius 1 is 1.12 bits per heavy atom. The smallest absolute Gasteiger partial charge is 0.274 e. The van der Waals surface area contributed by atoms with Crippen LogP contribution in [0, 0.1) is 5.92 Å². The van der Waals surface area contributed by atoms with Crippen LogP contribution in [0.1, 0.15) is 43.1 Å². The highest BCUT2D eigenvalue weighted by Crippen LogP contribution is 2.28. The Hall–Kier alpha value is -2.62. The zero-order valence-electron chi connectivity index (χ0n) is 14.4. The average molecular weight is 334 g/mol. The molecule has 1 amide bonds. The summed E-state index contributed by atoms with van der Waals surface area (Å²) in [5.74, 6) is 0.899. The van der Waals surface area contributed by atoms with E-state index in [0.717, 1.165) is 22.8 Å². The summed E-state index contributed by atoms with van der Waals surface area (Å²) >= 11 is 0. The average Bonchev–Trinajstić information content (AvgIpc) is 3.13. The number of oxazole rings is 1. The number of nitrogens with zero attached hydrogens (tertiary/aromatic N) is 1. The molecule has 0 spiro atoms. The van der Waals surface area contributed by atoms with Gasteiger partial charge in [-0.15, -0.1) is 0 Å². The molecule has 1 fully saturated rings. The molecule has 0 saturated heterocycles. The molecule has 4 nitrogen and oxygen atoms in total. The van der Waals surface area contributed by atoms with E-state index >= 15 is 0 Å². The lowest BCUT2D eigenvalue weighted by Gasteiger charge is -2.29. The summed E-state index contributed by atoms with van der Waals surface area (Å²) in [6.07, 6.45) is 5.98. The number of carbonyl (C=O) groups is 1. The molecule has 0 bridgehead atoms. The SMILES string of the molecule is C[C@H]1CCCC[C@H]1NC(=O)c1ncoc1-c1ccc2ccccc2c1. The largest absolute Gasteiger partial charge is 0.443 e. The number of aromatic nitrogens is 1. The zero-order chi connectivity index (χ0) is 17.2. The first kappa shape index (κ1) is 15.9. The van der Waals surface area contributed by atoms with Gasteiger partial charge in [-0.3, -0.25) is 4.79 Å². The fraction of sp³-hybridized carbons (Fsp3) is 0.333. The van der Waals surface area contributed by atoms with E-state index in [4.69, 9.17) is 4.42 Å². The topological polar surface area (TPSA) is 55.1 Å². The molecule has 1 aliphatic carbocycles. The molecule has 0 unspecified atom stereocenters. The van der Waals surface area contributed by atoms with Gasteiger partial charge in [0.25, 0.3) is 5.91 Å². The van der Waals surface area contributed by atoms with E-state index in [1.54, 1.807) is 0 Å². The zero-order valence-corrected chi connectivity index (χ0v) is 14.4. The van der Waals surface area contributed by atoms with Crippen LogP contribution in [-0.4, -0.2) is 16.9 Å². The van der Waals surface area contributed by atoms with Crippen molar-refractivity contribution < 1.29 is 9.21 Å². The van der Waals surface area contributed by atoms with Crippen molar-refractivity contribution in [2.45, 2.75) is 38.6 Å². The molecule has 0 aliphatic heterocycles. The number of hydrogen-bond acceptors (Lipinski definition) is 3. The van der Waals surface area contributed by atoms with E-state index < -0.39 is 0 Å². The molecule has 25 heavy (non-hydrogen) atoms. The van der Waals surface area contributed by atoms with Crippen molar-refractivity contribution in [3.63, 3.8) is 0 Å². The molecule has 0 radical (unpaired) electrons. The first-order valence-electron chi connectivity index (χ1n) is 8.96. The van der Waals surface area contributed by atoms with Crippen molar-refractivity contribution in [2.24, 2.45) is 5.92 Å². The van der Waals surface area contributed by atoms with Gasteiger partial charge in [0.15, 0.2) is 17.8 Å². The predicted molar refractivity (Wildman–Crippen MR) is 98.3 cm³/mol. The Morgan fingerprint density at radius 2 is 1.92 bits per heavy atom. The summed E-state index contributed by atoms with van der Waals surface area (Å²) in [5, 5.41) is 5.43. The van der Waals surface area contributed by atoms with Crippen LogP contribution in [0.5, 0.6) is 0 Å². The van der Waals surface area contributed by atoms with E-state index in [-0.39, 0.29) is 11.9 Å². The molecular weight excluding hydrogens is 312 g/mol. The van der Waals surface area contributed by atoms with Gasteiger partial charge in [0.05, 0.1) is 0 Å². The summed E-state index contributed by atoms with van der Waals surface area (Å²) in [6.45, 7) is 2.21. The van der Waals surface area contributed by atoms with Gasteiger partial charge in [-0.05, 0) is 35.6 Å². The van der Waals surface area contributed by atoms with E-state index in [9.17, 15) is 4.79 Å². The number of fused-ring (bicyclic) bond motifs is 1. The van der Waals surface area contributed by atoms with Crippen molar-refractivity contribution in [1.29, 1.82) is 0 Å². The molecule has 1 aliphatic rings. The number of carbonyl (C=O) groups excluding carboxylic acids is 1. The van der Waals surface area contributed by atoms with Crippen LogP contribution >= 0.6 is 0 Å². The van der Waals surface area contributed by atoms with Crippen molar-refractivity contribution in [2.75, 3.05) is 0 Å². The predicted octanol–water partition coefficient (Wildman–Crippen LogP) is 4.80. The molecule has 2 atom stereocenters. The van der Waals surface area contributed by atoms with E-state index in [2.05, 4.69) is 29.4 Å². The Morgan fingerprint density at radius 3 is 2.76 bits per heavy atom. The van der Waals surface area contributed by atoms with Gasteiger partial charge in [-0.1, -0.05) is 56.2 Å². The Labute approximate surface area is 147 Å². The minimum absolute atomic E-state index is 0.143.